The van der Waals surface area contributed by atoms with Gasteiger partial charge in [0.15, 0.2) is 0 Å². The Hall–Kier alpha value is -4.42. The molecule has 0 radical (unpaired) electrons. The molecular formula is C29H38F2N8O8S. The molecule has 2 heterocycles. The fourth-order valence-corrected chi connectivity index (χ4v) is 7.10. The second-order valence-electron chi connectivity index (χ2n) is 12.4. The molecule has 0 spiro atoms. The molecule has 2 aliphatic carbocycles. The molecule has 1 unspecified atom stereocenters. The van der Waals surface area contributed by atoms with Gasteiger partial charge in [-0.3, -0.25) is 19.1 Å². The minimum absolute atomic E-state index is 0.0437. The van der Waals surface area contributed by atoms with Gasteiger partial charge in [0.25, 0.3) is 5.91 Å². The van der Waals surface area contributed by atoms with Gasteiger partial charge in [-0.05, 0) is 61.6 Å². The van der Waals surface area contributed by atoms with Gasteiger partial charge in [0.1, 0.15) is 23.4 Å². The molecule has 16 nitrogen and oxygen atoms in total. The van der Waals surface area contributed by atoms with Crippen molar-refractivity contribution in [1.29, 1.82) is 0 Å². The van der Waals surface area contributed by atoms with Crippen molar-refractivity contribution in [3.05, 3.63) is 24.3 Å². The third kappa shape index (κ3) is 7.19. The second-order valence-corrected chi connectivity index (χ2v) is 14.4. The molecule has 4 amide bonds. The van der Waals surface area contributed by atoms with Gasteiger partial charge in [-0.2, -0.15) is 4.80 Å². The number of nitrogens with zero attached hydrogens (tertiary/aromatic N) is 5. The van der Waals surface area contributed by atoms with Crippen LogP contribution in [0.1, 0.15) is 52.5 Å². The standard InChI is InChI=1S/C29H38F2N8O8S/c1-5-47-28(43)32-22(15(2)3)26(41)38-14-17(39-35-24(34-37-39)16-6-8-18(46-4)9-7-16)12-21(38)25(40)33-29(13-20(29)23(30)31)27(42)36-48(44,45)19-10-11-19/h6-9,15,17,19-23H,5,10-14H2,1-4H3,(H,32,43)(H,33,40)(H,36,42)/t17-,20+,21?,22+,29-/m1/s1. The molecule has 0 bridgehead atoms. The van der Waals surface area contributed by atoms with Gasteiger partial charge in [-0.1, -0.05) is 13.8 Å². The molecule has 5 rings (SSSR count). The Morgan fingerprint density at radius 3 is 2.38 bits per heavy atom. The number of halogens is 2. The molecule has 3 fully saturated rings. The molecule has 2 saturated carbocycles. The topological polar surface area (TPSA) is 204 Å². The summed E-state index contributed by atoms with van der Waals surface area (Å²) in [7, 11) is -2.59. The lowest BCUT2D eigenvalue weighted by Crippen LogP contribution is -2.59. The number of ether oxygens (including phenoxy) is 2. The lowest BCUT2D eigenvalue weighted by atomic mass is 10.0. The number of likely N-dealkylation sites (tertiary alicyclic amines) is 1. The second kappa shape index (κ2) is 13.6. The number of rotatable bonds is 13. The maximum absolute atomic E-state index is 14.0. The minimum atomic E-state index is -4.11. The number of carbonyl (C=O) groups excluding carboxylic acids is 4. The predicted octanol–water partition coefficient (Wildman–Crippen LogP) is 1.01. The van der Waals surface area contributed by atoms with Crippen LogP contribution in [-0.4, -0.2) is 107 Å². The smallest absolute Gasteiger partial charge is 0.407 e. The summed E-state index contributed by atoms with van der Waals surface area (Å²) in [6.07, 6.45) is -3.85. The molecule has 5 atom stereocenters. The average Bonchev–Trinajstić information content (AvgIpc) is 3.93. The predicted molar refractivity (Wildman–Crippen MR) is 163 cm³/mol. The molecule has 3 N–H and O–H groups in total. The highest BCUT2D eigenvalue weighted by Gasteiger charge is 2.66. The van der Waals surface area contributed by atoms with E-state index < -0.39 is 87.4 Å². The Balaban J connectivity index is 1.42. The van der Waals surface area contributed by atoms with Gasteiger partial charge < -0.3 is 25.0 Å². The van der Waals surface area contributed by atoms with Crippen molar-refractivity contribution < 1.29 is 45.9 Å². The van der Waals surface area contributed by atoms with E-state index in [4.69, 9.17) is 9.47 Å². The van der Waals surface area contributed by atoms with Crippen LogP contribution < -0.4 is 20.1 Å². The number of hydrogen-bond acceptors (Lipinski definition) is 11. The van der Waals surface area contributed by atoms with Gasteiger partial charge in [0.2, 0.25) is 34.1 Å². The van der Waals surface area contributed by atoms with Gasteiger partial charge in [0, 0.05) is 18.5 Å². The Morgan fingerprint density at radius 2 is 1.81 bits per heavy atom. The summed E-state index contributed by atoms with van der Waals surface area (Å²) in [5, 5.41) is 16.7. The SMILES string of the molecule is CCOC(=O)N[C@H](C(=O)N1C[C@H](n2nnc(-c3ccc(OC)cc3)n2)CC1C(=O)N[C@]1(C(=O)NS(=O)(=O)C2CC2)C[C@H]1C(F)F)C(C)C. The van der Waals surface area contributed by atoms with Crippen molar-refractivity contribution >= 4 is 33.8 Å². The summed E-state index contributed by atoms with van der Waals surface area (Å²) in [4.78, 5) is 55.8. The van der Waals surface area contributed by atoms with Crippen LogP contribution in [0, 0.1) is 11.8 Å². The van der Waals surface area contributed by atoms with E-state index in [1.807, 2.05) is 4.72 Å². The van der Waals surface area contributed by atoms with Crippen LogP contribution in [0.25, 0.3) is 11.4 Å². The van der Waals surface area contributed by atoms with Crippen LogP contribution in [0.2, 0.25) is 0 Å². The summed E-state index contributed by atoms with van der Waals surface area (Å²) in [6, 6.07) is 3.64. The van der Waals surface area contributed by atoms with Crippen LogP contribution in [0.4, 0.5) is 13.6 Å². The van der Waals surface area contributed by atoms with Crippen molar-refractivity contribution in [2.45, 2.75) is 81.8 Å². The fraction of sp³-hybridized carbons (Fsp3) is 0.621. The summed E-state index contributed by atoms with van der Waals surface area (Å²) in [5.41, 5.74) is -1.59. The molecule has 1 aliphatic heterocycles. The van der Waals surface area contributed by atoms with Crippen LogP contribution in [0.3, 0.4) is 0 Å². The fourth-order valence-electron chi connectivity index (χ4n) is 5.74. The highest BCUT2D eigenvalue weighted by molar-refractivity contribution is 7.91. The van der Waals surface area contributed by atoms with Crippen LogP contribution in [0.5, 0.6) is 5.75 Å². The Labute approximate surface area is 275 Å². The van der Waals surface area contributed by atoms with E-state index in [1.54, 1.807) is 45.0 Å². The molecule has 19 heteroatoms. The number of tetrazole rings is 1. The monoisotopic (exact) mass is 696 g/mol. The Morgan fingerprint density at radius 1 is 1.12 bits per heavy atom. The average molecular weight is 697 g/mol. The molecule has 1 saturated heterocycles. The largest absolute Gasteiger partial charge is 0.497 e. The van der Waals surface area contributed by atoms with Gasteiger partial charge in [-0.25, -0.2) is 22.0 Å². The molecule has 262 valence electrons. The lowest BCUT2D eigenvalue weighted by molar-refractivity contribution is -0.142. The third-order valence-electron chi connectivity index (χ3n) is 8.72. The number of alkyl carbamates (subject to hydrolysis) is 1. The van der Waals surface area contributed by atoms with Gasteiger partial charge in [-0.15, -0.1) is 10.2 Å². The minimum Gasteiger partial charge on any atom is -0.497 e. The molecule has 1 aromatic carbocycles. The summed E-state index contributed by atoms with van der Waals surface area (Å²) in [5.74, 6) is -4.14. The molecule has 1 aromatic heterocycles. The summed E-state index contributed by atoms with van der Waals surface area (Å²) >= 11 is 0. The number of alkyl halides is 2. The van der Waals surface area contributed by atoms with Crippen LogP contribution >= 0.6 is 0 Å². The highest BCUT2D eigenvalue weighted by atomic mass is 32.2. The highest BCUT2D eigenvalue weighted by Crippen LogP contribution is 2.48. The first-order valence-corrected chi connectivity index (χ1v) is 17.1. The lowest BCUT2D eigenvalue weighted by Gasteiger charge is -2.31. The number of benzene rings is 1. The number of sulfonamides is 1. The Kier molecular flexibility index (Phi) is 9.89. The number of nitrogens with one attached hydrogen (secondary N) is 3. The normalized spacial score (nSPS) is 24.2. The molecule has 48 heavy (non-hydrogen) atoms. The summed E-state index contributed by atoms with van der Waals surface area (Å²) in [6.45, 7) is 4.84. The molecule has 3 aliphatic rings. The number of carbonyl (C=O) groups is 4. The Bertz CT molecular complexity index is 1650. The van der Waals surface area contributed by atoms with Crippen molar-refractivity contribution in [2.24, 2.45) is 11.8 Å². The van der Waals surface area contributed by atoms with E-state index in [9.17, 15) is 36.4 Å². The van der Waals surface area contributed by atoms with E-state index in [0.717, 1.165) is 0 Å². The quantitative estimate of drug-likeness (QED) is 0.270. The van der Waals surface area contributed by atoms with Crippen molar-refractivity contribution in [3.8, 4) is 17.1 Å². The number of aromatic nitrogens is 4. The van der Waals surface area contributed by atoms with E-state index in [1.165, 1.54) is 16.8 Å². The number of amides is 4. The van der Waals surface area contributed by atoms with Crippen LogP contribution in [0.15, 0.2) is 24.3 Å². The molecule has 2 aromatic rings. The zero-order valence-electron chi connectivity index (χ0n) is 26.8. The first-order chi connectivity index (χ1) is 22.7. The van der Waals surface area contributed by atoms with Crippen molar-refractivity contribution in [3.63, 3.8) is 0 Å². The van der Waals surface area contributed by atoms with E-state index in [2.05, 4.69) is 26.0 Å². The third-order valence-corrected chi connectivity index (χ3v) is 10.5. The maximum Gasteiger partial charge on any atom is 0.407 e. The van der Waals surface area contributed by atoms with E-state index >= 15 is 0 Å². The first-order valence-electron chi connectivity index (χ1n) is 15.5. The van der Waals surface area contributed by atoms with Gasteiger partial charge in [0.05, 0.1) is 30.9 Å². The number of methoxy groups -OCH3 is 1. The zero-order valence-corrected chi connectivity index (χ0v) is 27.6. The van der Waals surface area contributed by atoms with Crippen LogP contribution in [-0.2, 0) is 29.1 Å². The van der Waals surface area contributed by atoms with E-state index in [-0.39, 0.29) is 25.4 Å². The first kappa shape index (κ1) is 34.9. The van der Waals surface area contributed by atoms with E-state index in [0.29, 0.717) is 24.2 Å². The zero-order chi connectivity index (χ0) is 35.0. The maximum atomic E-state index is 14.0. The van der Waals surface area contributed by atoms with Crippen molar-refractivity contribution in [2.75, 3.05) is 20.3 Å². The number of hydrogen-bond donors (Lipinski definition) is 3. The van der Waals surface area contributed by atoms with Crippen molar-refractivity contribution in [1.82, 2.24) is 40.5 Å². The molecular weight excluding hydrogens is 658 g/mol. The van der Waals surface area contributed by atoms with Gasteiger partial charge >= 0.3 is 6.09 Å². The summed E-state index contributed by atoms with van der Waals surface area (Å²) < 4.78 is 64.8.